The molecule has 2 unspecified atom stereocenters. The number of hydrogen-bond acceptors (Lipinski definition) is 4. The van der Waals surface area contributed by atoms with Crippen LogP contribution in [0.25, 0.3) is 0 Å². The summed E-state index contributed by atoms with van der Waals surface area (Å²) >= 11 is 0. The first-order valence-corrected chi connectivity index (χ1v) is 12.9. The Kier molecular flexibility index (Phi) is 5.59. The molecule has 0 radical (unpaired) electrons. The number of carbonyl (C=O) groups is 1. The van der Waals surface area contributed by atoms with Crippen molar-refractivity contribution in [3.8, 4) is 0 Å². The number of aliphatic hydroxyl groups excluding tert-OH is 1. The van der Waals surface area contributed by atoms with E-state index in [9.17, 15) is 9.90 Å². The van der Waals surface area contributed by atoms with Crippen molar-refractivity contribution in [1.29, 1.82) is 0 Å². The molecule has 0 bridgehead atoms. The Bertz CT molecular complexity index is 842. The van der Waals surface area contributed by atoms with E-state index in [2.05, 4.69) is 25.7 Å². The molecule has 4 heteroatoms. The second-order valence-corrected chi connectivity index (χ2v) is 11.4. The summed E-state index contributed by atoms with van der Waals surface area (Å²) in [6, 6.07) is 0. The zero-order valence-corrected chi connectivity index (χ0v) is 19.9. The van der Waals surface area contributed by atoms with Gasteiger partial charge in [0.2, 0.25) is 0 Å². The summed E-state index contributed by atoms with van der Waals surface area (Å²) in [5.74, 6) is 2.56. The van der Waals surface area contributed by atoms with E-state index in [1.165, 1.54) is 31.1 Å². The lowest BCUT2D eigenvalue weighted by atomic mass is 9.46. The molecule has 0 spiro atoms. The molecule has 5 rings (SSSR count). The number of ether oxygens (including phenoxy) is 2. The van der Waals surface area contributed by atoms with Crippen LogP contribution in [0.5, 0.6) is 0 Å². The van der Waals surface area contributed by atoms with E-state index < -0.39 is 5.60 Å². The van der Waals surface area contributed by atoms with Crippen molar-refractivity contribution in [1.82, 2.24) is 0 Å². The maximum absolute atomic E-state index is 12.0. The lowest BCUT2D eigenvalue weighted by Crippen LogP contribution is -2.56. The van der Waals surface area contributed by atoms with Crippen molar-refractivity contribution in [2.24, 2.45) is 28.6 Å². The number of rotatable bonds is 5. The van der Waals surface area contributed by atoms with Crippen LogP contribution in [0.1, 0.15) is 84.5 Å². The van der Waals surface area contributed by atoms with Crippen LogP contribution in [0.3, 0.4) is 0 Å². The predicted octanol–water partition coefficient (Wildman–Crippen LogP) is 5.86. The highest BCUT2D eigenvalue weighted by Crippen LogP contribution is 2.68. The number of aliphatic hydroxyl groups is 1. The molecule has 0 aromatic heterocycles. The standard InChI is InChI=1S/C28H40O4/c1-4-28(32-19(2)30)16-13-24-23-10-9-20-17-22(31-21-7-5-6-8-21)11-15-27(20,18-29)25(23)12-14-26(24,28)3/h4,7,17,22-25,29H,1,5-6,8-16,18H2,2-3H3/t22?,23-,24-,25+,26-,27+,28?/m0/s1. The van der Waals surface area contributed by atoms with Crippen molar-refractivity contribution in [3.63, 3.8) is 0 Å². The third-order valence-corrected chi connectivity index (χ3v) is 10.2. The first-order valence-electron chi connectivity index (χ1n) is 12.9. The highest BCUT2D eigenvalue weighted by molar-refractivity contribution is 5.67. The second kappa shape index (κ2) is 8.04. The van der Waals surface area contributed by atoms with E-state index in [4.69, 9.17) is 9.47 Å². The molecule has 3 saturated carbocycles. The fraction of sp³-hybridized carbons (Fsp3) is 0.750. The van der Waals surface area contributed by atoms with Crippen LogP contribution in [0, 0.1) is 28.6 Å². The third kappa shape index (κ3) is 3.15. The minimum Gasteiger partial charge on any atom is -0.491 e. The van der Waals surface area contributed by atoms with Crippen LogP contribution in [0.2, 0.25) is 0 Å². The molecule has 0 aromatic rings. The summed E-state index contributed by atoms with van der Waals surface area (Å²) in [7, 11) is 0. The van der Waals surface area contributed by atoms with Crippen LogP contribution in [0.4, 0.5) is 0 Å². The average molecular weight is 441 g/mol. The SMILES string of the molecule is C=CC1(OC(C)=O)CC[C@H]2[C@@H]3CCC4=CC(OC5=CCCC5)CC[C@]4(CO)[C@@H]3CC[C@@]21C. The van der Waals surface area contributed by atoms with Gasteiger partial charge in [0.25, 0.3) is 0 Å². The Balaban J connectivity index is 1.41. The molecular weight excluding hydrogens is 400 g/mol. The van der Waals surface area contributed by atoms with E-state index in [1.54, 1.807) is 0 Å². The molecule has 0 aromatic carbocycles. The largest absolute Gasteiger partial charge is 0.491 e. The van der Waals surface area contributed by atoms with Crippen molar-refractivity contribution >= 4 is 5.97 Å². The van der Waals surface area contributed by atoms with E-state index in [0.717, 1.165) is 57.8 Å². The minimum absolute atomic E-state index is 0.0608. The Hall–Kier alpha value is -1.55. The topological polar surface area (TPSA) is 55.8 Å². The highest BCUT2D eigenvalue weighted by atomic mass is 16.6. The molecule has 176 valence electrons. The monoisotopic (exact) mass is 440 g/mol. The van der Waals surface area contributed by atoms with Gasteiger partial charge in [-0.2, -0.15) is 0 Å². The Morgan fingerprint density at radius 2 is 2.00 bits per heavy atom. The van der Waals surface area contributed by atoms with E-state index in [1.807, 2.05) is 6.08 Å². The van der Waals surface area contributed by atoms with Gasteiger partial charge < -0.3 is 14.6 Å². The maximum Gasteiger partial charge on any atom is 0.303 e. The molecule has 0 heterocycles. The van der Waals surface area contributed by atoms with E-state index >= 15 is 0 Å². The zero-order chi connectivity index (χ0) is 22.6. The molecule has 1 N–H and O–H groups in total. The van der Waals surface area contributed by atoms with Crippen molar-refractivity contribution < 1.29 is 19.4 Å². The molecule has 4 nitrogen and oxygen atoms in total. The van der Waals surface area contributed by atoms with Crippen LogP contribution in [-0.4, -0.2) is 29.4 Å². The molecule has 3 fully saturated rings. The van der Waals surface area contributed by atoms with Gasteiger partial charge in [0.1, 0.15) is 11.7 Å². The maximum atomic E-state index is 12.0. The van der Waals surface area contributed by atoms with E-state index in [0.29, 0.717) is 17.8 Å². The first-order chi connectivity index (χ1) is 15.4. The molecule has 5 aliphatic rings. The van der Waals surface area contributed by atoms with Crippen LogP contribution < -0.4 is 0 Å². The summed E-state index contributed by atoms with van der Waals surface area (Å²) in [4.78, 5) is 12.0. The summed E-state index contributed by atoms with van der Waals surface area (Å²) in [6.45, 7) is 8.21. The molecule has 7 atom stereocenters. The number of carbonyl (C=O) groups excluding carboxylic acids is 1. The third-order valence-electron chi connectivity index (χ3n) is 10.2. The fourth-order valence-electron chi connectivity index (χ4n) is 8.66. The lowest BCUT2D eigenvalue weighted by Gasteiger charge is -2.60. The van der Waals surface area contributed by atoms with Crippen LogP contribution >= 0.6 is 0 Å². The molecule has 0 amide bonds. The summed E-state index contributed by atoms with van der Waals surface area (Å²) in [6.07, 6.45) is 18.5. The molecule has 0 aliphatic heterocycles. The number of allylic oxidation sites excluding steroid dienone is 2. The van der Waals surface area contributed by atoms with Gasteiger partial charge in [-0.05, 0) is 100 Å². The van der Waals surface area contributed by atoms with Gasteiger partial charge in [-0.3, -0.25) is 4.79 Å². The average Bonchev–Trinajstić information content (AvgIpc) is 3.39. The Morgan fingerprint density at radius 3 is 2.69 bits per heavy atom. The van der Waals surface area contributed by atoms with Crippen LogP contribution in [0.15, 0.2) is 36.1 Å². The lowest BCUT2D eigenvalue weighted by molar-refractivity contribution is -0.172. The first kappa shape index (κ1) is 22.3. The summed E-state index contributed by atoms with van der Waals surface area (Å²) in [5.41, 5.74) is 0.758. The zero-order valence-electron chi connectivity index (χ0n) is 19.9. The van der Waals surface area contributed by atoms with Gasteiger partial charge in [-0.1, -0.05) is 19.1 Å². The Morgan fingerprint density at radius 1 is 1.19 bits per heavy atom. The van der Waals surface area contributed by atoms with Crippen LogP contribution in [-0.2, 0) is 14.3 Å². The summed E-state index contributed by atoms with van der Waals surface area (Å²) < 4.78 is 12.3. The highest BCUT2D eigenvalue weighted by Gasteiger charge is 2.65. The summed E-state index contributed by atoms with van der Waals surface area (Å²) in [5, 5.41) is 10.8. The molecule has 5 aliphatic carbocycles. The molecule has 32 heavy (non-hydrogen) atoms. The van der Waals surface area contributed by atoms with Crippen molar-refractivity contribution in [2.45, 2.75) is 96.2 Å². The van der Waals surface area contributed by atoms with Gasteiger partial charge in [-0.25, -0.2) is 0 Å². The molecular formula is C28H40O4. The smallest absolute Gasteiger partial charge is 0.303 e. The minimum atomic E-state index is -0.544. The molecule has 0 saturated heterocycles. The van der Waals surface area contributed by atoms with Gasteiger partial charge >= 0.3 is 5.97 Å². The van der Waals surface area contributed by atoms with Gasteiger partial charge in [0.05, 0.1) is 12.4 Å². The Labute approximate surface area is 193 Å². The number of fused-ring (bicyclic) bond motifs is 5. The van der Waals surface area contributed by atoms with Crippen molar-refractivity contribution in [2.75, 3.05) is 6.61 Å². The second-order valence-electron chi connectivity index (χ2n) is 11.4. The number of hydrogen-bond donors (Lipinski definition) is 1. The fourth-order valence-corrected chi connectivity index (χ4v) is 8.66. The van der Waals surface area contributed by atoms with Gasteiger partial charge in [0.15, 0.2) is 0 Å². The van der Waals surface area contributed by atoms with Gasteiger partial charge in [-0.15, -0.1) is 0 Å². The quantitative estimate of drug-likeness (QED) is 0.429. The number of esters is 1. The van der Waals surface area contributed by atoms with Gasteiger partial charge in [0, 0.05) is 24.2 Å². The van der Waals surface area contributed by atoms with E-state index in [-0.39, 0.29) is 29.5 Å². The normalized spacial score (nSPS) is 45.1. The predicted molar refractivity (Wildman–Crippen MR) is 125 cm³/mol. The van der Waals surface area contributed by atoms with Crippen molar-refractivity contribution in [3.05, 3.63) is 36.1 Å².